The number of ether oxygens (including phenoxy) is 7. The van der Waals surface area contributed by atoms with E-state index >= 15 is 0 Å². The number of phenols is 1. The lowest BCUT2D eigenvalue weighted by atomic mass is 9.86. The Morgan fingerprint density at radius 2 is 1.33 bits per heavy atom. The van der Waals surface area contributed by atoms with Gasteiger partial charge in [0.25, 0.3) is 0 Å². The summed E-state index contributed by atoms with van der Waals surface area (Å²) in [4.78, 5) is 4.68. The van der Waals surface area contributed by atoms with Crippen LogP contribution in [-0.2, 0) is 25.7 Å². The lowest BCUT2D eigenvalue weighted by Gasteiger charge is -2.38. The van der Waals surface area contributed by atoms with Crippen LogP contribution in [0.3, 0.4) is 0 Å². The molecule has 0 aromatic heterocycles. The molecule has 258 valence electrons. The first-order chi connectivity index (χ1) is 23.8. The van der Waals surface area contributed by atoms with E-state index in [4.69, 9.17) is 33.2 Å². The maximum absolute atomic E-state index is 11.2. The molecule has 0 fully saturated rings. The van der Waals surface area contributed by atoms with Crippen LogP contribution in [0.2, 0.25) is 0 Å². The molecule has 8 rings (SSSR count). The molecule has 0 saturated carbocycles. The largest absolute Gasteiger partial charge is 0.504 e. The van der Waals surface area contributed by atoms with Gasteiger partial charge in [-0.3, -0.25) is 9.80 Å². The Kier molecular flexibility index (Phi) is 8.85. The van der Waals surface area contributed by atoms with Crippen molar-refractivity contribution in [2.75, 3.05) is 62.7 Å². The first-order valence-corrected chi connectivity index (χ1v) is 16.6. The Morgan fingerprint density at radius 3 is 2.02 bits per heavy atom. The number of rotatable bonds is 5. The molecule has 4 aliphatic rings. The quantitative estimate of drug-likeness (QED) is 0.243. The summed E-state index contributed by atoms with van der Waals surface area (Å²) in [5.74, 6) is 4.66. The van der Waals surface area contributed by atoms with E-state index in [2.05, 4.69) is 48.2 Å². The molecule has 4 heterocycles. The summed E-state index contributed by atoms with van der Waals surface area (Å²) < 4.78 is 43.1. The number of hydrogen-bond donors (Lipinski definition) is 1. The van der Waals surface area contributed by atoms with E-state index in [0.717, 1.165) is 42.6 Å². The average Bonchev–Trinajstić information content (AvgIpc) is 3.10. The van der Waals surface area contributed by atoms with Crippen molar-refractivity contribution in [1.29, 1.82) is 0 Å². The van der Waals surface area contributed by atoms with Crippen LogP contribution in [0.1, 0.15) is 45.5 Å². The fourth-order valence-electron chi connectivity index (χ4n) is 7.69. The first-order valence-electron chi connectivity index (χ1n) is 16.6. The predicted molar refractivity (Wildman–Crippen MR) is 186 cm³/mol. The van der Waals surface area contributed by atoms with Gasteiger partial charge in [-0.05, 0) is 98.4 Å². The molecule has 0 saturated heterocycles. The van der Waals surface area contributed by atoms with Gasteiger partial charge in [0.1, 0.15) is 5.75 Å². The Balaban J connectivity index is 1.51. The number of benzene rings is 4. The third-order valence-corrected chi connectivity index (χ3v) is 10.2. The van der Waals surface area contributed by atoms with Crippen molar-refractivity contribution in [3.8, 4) is 57.5 Å². The molecule has 4 aromatic carbocycles. The molecule has 49 heavy (non-hydrogen) atoms. The minimum Gasteiger partial charge on any atom is -0.504 e. The highest BCUT2D eigenvalue weighted by molar-refractivity contribution is 5.70. The third kappa shape index (κ3) is 5.72. The summed E-state index contributed by atoms with van der Waals surface area (Å²) in [6.07, 6.45) is 2.91. The lowest BCUT2D eigenvalue weighted by Crippen LogP contribution is -2.34. The molecular weight excluding hydrogens is 624 g/mol. The van der Waals surface area contributed by atoms with Gasteiger partial charge < -0.3 is 38.3 Å². The van der Waals surface area contributed by atoms with Crippen LogP contribution in [0.15, 0.2) is 48.5 Å². The van der Waals surface area contributed by atoms with E-state index in [1.807, 2.05) is 18.2 Å². The zero-order valence-corrected chi connectivity index (χ0v) is 29.2. The monoisotopic (exact) mass is 668 g/mol. The van der Waals surface area contributed by atoms with Gasteiger partial charge in [-0.2, -0.15) is 0 Å². The fraction of sp³-hybridized carbons (Fsp3) is 0.385. The standard InChI is InChI=1S/C39H44N2O8/c1-40-14-12-24-20-31(43-3)32-21-27(24)28(40)16-22-8-10-25(11-9-22)48-33-19-23(18-30(42)36(33)45-5)17-29-34-26(13-15-41(29)2)35(44-4)38(46-6)39(47-7)37(34)49-32/h8-11,18-21,28-29,42H,12-17H2,1-7H3/t28-,29-/m1/s1. The molecule has 0 aliphatic carbocycles. The van der Waals surface area contributed by atoms with Crippen molar-refractivity contribution in [1.82, 2.24) is 9.80 Å². The Bertz CT molecular complexity index is 1880. The van der Waals surface area contributed by atoms with Crippen molar-refractivity contribution in [2.45, 2.75) is 37.8 Å². The zero-order valence-electron chi connectivity index (χ0n) is 29.2. The van der Waals surface area contributed by atoms with Crippen molar-refractivity contribution < 1.29 is 38.3 Å². The maximum atomic E-state index is 11.2. The fourth-order valence-corrected chi connectivity index (χ4v) is 7.69. The molecule has 4 aromatic rings. The summed E-state index contributed by atoms with van der Waals surface area (Å²) in [6, 6.07) is 15.9. The van der Waals surface area contributed by atoms with Gasteiger partial charge in [-0.15, -0.1) is 0 Å². The number of phenolic OH excluding ortho intramolecular Hbond substituents is 1. The molecule has 1 N–H and O–H groups in total. The average molecular weight is 669 g/mol. The maximum Gasteiger partial charge on any atom is 0.208 e. The predicted octanol–water partition coefficient (Wildman–Crippen LogP) is 6.88. The van der Waals surface area contributed by atoms with E-state index in [0.29, 0.717) is 58.8 Å². The molecule has 0 radical (unpaired) electrons. The van der Waals surface area contributed by atoms with Crippen LogP contribution in [0.4, 0.5) is 0 Å². The van der Waals surface area contributed by atoms with Gasteiger partial charge in [0.15, 0.2) is 34.5 Å². The van der Waals surface area contributed by atoms with Gasteiger partial charge in [-0.1, -0.05) is 12.1 Å². The Hall–Kier alpha value is -4.80. The molecule has 10 heteroatoms. The summed E-state index contributed by atoms with van der Waals surface area (Å²) in [7, 11) is 12.3. The number of methoxy groups -OCH3 is 5. The zero-order chi connectivity index (χ0) is 34.4. The van der Waals surface area contributed by atoms with E-state index in [9.17, 15) is 5.11 Å². The first kappa shape index (κ1) is 32.7. The van der Waals surface area contributed by atoms with Crippen LogP contribution in [0.25, 0.3) is 0 Å². The topological polar surface area (TPSA) is 91.3 Å². The Morgan fingerprint density at radius 1 is 0.653 bits per heavy atom. The third-order valence-electron chi connectivity index (χ3n) is 10.2. The molecule has 10 nitrogen and oxygen atoms in total. The van der Waals surface area contributed by atoms with Gasteiger partial charge in [0, 0.05) is 36.3 Å². The van der Waals surface area contributed by atoms with Gasteiger partial charge >= 0.3 is 0 Å². The van der Waals surface area contributed by atoms with Crippen LogP contribution < -0.4 is 33.2 Å². The van der Waals surface area contributed by atoms with Gasteiger partial charge in [0.2, 0.25) is 17.2 Å². The summed E-state index contributed by atoms with van der Waals surface area (Å²) >= 11 is 0. The van der Waals surface area contributed by atoms with Crippen molar-refractivity contribution in [2.24, 2.45) is 0 Å². The molecule has 0 spiro atoms. The molecule has 4 aliphatic heterocycles. The SMILES string of the molecule is COc1cc2c3cc1Oc1c(OC)c(OC)c(OC)c4c1[C@@H](Cc1cc(O)c(OC)c(c1)Oc1ccc(cc1)C[C@H]3N(C)CC2)N(C)CC4. The van der Waals surface area contributed by atoms with Crippen LogP contribution in [0, 0.1) is 0 Å². The highest BCUT2D eigenvalue weighted by Gasteiger charge is 2.38. The minimum absolute atomic E-state index is 0.00114. The normalized spacial score (nSPS) is 18.7. The van der Waals surface area contributed by atoms with Crippen LogP contribution in [-0.4, -0.2) is 77.6 Å². The summed E-state index contributed by atoms with van der Waals surface area (Å²) in [5.41, 5.74) is 6.37. The summed E-state index contributed by atoms with van der Waals surface area (Å²) in [5, 5.41) is 11.2. The minimum atomic E-state index is -0.200. The second-order valence-electron chi connectivity index (χ2n) is 12.9. The summed E-state index contributed by atoms with van der Waals surface area (Å²) in [6.45, 7) is 1.68. The van der Waals surface area contributed by atoms with E-state index in [-0.39, 0.29) is 23.6 Å². The second kappa shape index (κ2) is 13.2. The van der Waals surface area contributed by atoms with E-state index < -0.39 is 0 Å². The number of likely N-dealkylation sites (N-methyl/N-ethyl adjacent to an activating group) is 2. The van der Waals surface area contributed by atoms with Crippen molar-refractivity contribution in [3.05, 3.63) is 81.9 Å². The highest BCUT2D eigenvalue weighted by atomic mass is 16.6. The molecule has 0 unspecified atom stereocenters. The van der Waals surface area contributed by atoms with Crippen LogP contribution in [0.5, 0.6) is 57.5 Å². The Labute approximate surface area is 287 Å². The molecule has 6 bridgehead atoms. The van der Waals surface area contributed by atoms with Crippen LogP contribution >= 0.6 is 0 Å². The van der Waals surface area contributed by atoms with Crippen molar-refractivity contribution in [3.63, 3.8) is 0 Å². The van der Waals surface area contributed by atoms with Gasteiger partial charge in [0.05, 0.1) is 35.5 Å². The number of nitrogens with zero attached hydrogens (tertiary/aromatic N) is 2. The lowest BCUT2D eigenvalue weighted by molar-refractivity contribution is 0.215. The second-order valence-corrected chi connectivity index (χ2v) is 12.9. The van der Waals surface area contributed by atoms with Gasteiger partial charge in [-0.25, -0.2) is 0 Å². The van der Waals surface area contributed by atoms with E-state index in [1.165, 1.54) is 23.8 Å². The molecule has 2 atom stereocenters. The number of hydrogen-bond acceptors (Lipinski definition) is 10. The van der Waals surface area contributed by atoms with Crippen molar-refractivity contribution >= 4 is 0 Å². The molecule has 0 amide bonds. The molecular formula is C39H44N2O8. The smallest absolute Gasteiger partial charge is 0.208 e. The number of aromatic hydroxyl groups is 1. The van der Waals surface area contributed by atoms with E-state index in [1.54, 1.807) is 34.5 Å². The number of fused-ring (bicyclic) bond motifs is 2. The highest BCUT2D eigenvalue weighted by Crippen LogP contribution is 2.56.